The van der Waals surface area contributed by atoms with Crippen molar-refractivity contribution in [2.24, 2.45) is 0 Å². The van der Waals surface area contributed by atoms with Crippen molar-refractivity contribution in [3.8, 4) is 0 Å². The van der Waals surface area contributed by atoms with Gasteiger partial charge in [-0.15, -0.1) is 0 Å². The molecule has 1 rings (SSSR count). The second-order valence-corrected chi connectivity index (χ2v) is 7.64. The van der Waals surface area contributed by atoms with Gasteiger partial charge in [0.1, 0.15) is 0 Å². The maximum atomic E-state index is 12.2. The molecular formula is C20H40N2O5. The Hall–Kier alpha value is -0.730. The average molecular weight is 389 g/mol. The highest BCUT2D eigenvalue weighted by Gasteiger charge is 2.47. The Bertz CT molecular complexity index is 397. The van der Waals surface area contributed by atoms with Crippen LogP contribution in [0.2, 0.25) is 0 Å². The van der Waals surface area contributed by atoms with E-state index in [4.69, 9.17) is 5.11 Å². The van der Waals surface area contributed by atoms with Crippen molar-refractivity contribution in [1.82, 2.24) is 10.2 Å². The molecule has 0 aromatic heterocycles. The smallest absolute Gasteiger partial charge is 0.221 e. The topological polar surface area (TPSA) is 113 Å². The predicted molar refractivity (Wildman–Crippen MR) is 105 cm³/mol. The Morgan fingerprint density at radius 1 is 0.889 bits per heavy atom. The van der Waals surface area contributed by atoms with Gasteiger partial charge in [-0.25, -0.2) is 0 Å². The molecule has 1 aliphatic heterocycles. The van der Waals surface area contributed by atoms with Crippen molar-refractivity contribution in [3.63, 3.8) is 0 Å². The van der Waals surface area contributed by atoms with E-state index < -0.39 is 24.3 Å². The molecule has 1 fully saturated rings. The van der Waals surface area contributed by atoms with Crippen molar-refractivity contribution in [2.75, 3.05) is 26.3 Å². The molecule has 1 aliphatic rings. The second-order valence-electron chi connectivity index (χ2n) is 7.64. The van der Waals surface area contributed by atoms with E-state index in [0.717, 1.165) is 57.8 Å². The second kappa shape index (κ2) is 14.3. The predicted octanol–water partition coefficient (Wildman–Crippen LogP) is 0.783. The largest absolute Gasteiger partial charge is 0.396 e. The van der Waals surface area contributed by atoms with Crippen LogP contribution in [-0.4, -0.2) is 81.8 Å². The number of nitrogens with zero attached hydrogens (tertiary/aromatic N) is 1. The van der Waals surface area contributed by atoms with E-state index in [1.165, 1.54) is 0 Å². The van der Waals surface area contributed by atoms with Gasteiger partial charge in [0, 0.05) is 25.6 Å². The van der Waals surface area contributed by atoms with Crippen LogP contribution in [0.1, 0.15) is 71.1 Å². The number of aliphatic hydroxyl groups is 4. The number of carbonyl (C=O) groups excluding carboxylic acids is 1. The zero-order valence-electron chi connectivity index (χ0n) is 16.9. The van der Waals surface area contributed by atoms with E-state index in [-0.39, 0.29) is 25.5 Å². The van der Waals surface area contributed by atoms with Crippen molar-refractivity contribution in [3.05, 3.63) is 0 Å². The van der Waals surface area contributed by atoms with Crippen molar-refractivity contribution in [2.45, 2.75) is 95.4 Å². The van der Waals surface area contributed by atoms with Gasteiger partial charge in [0.2, 0.25) is 5.91 Å². The number of nitrogens with one attached hydrogen (secondary N) is 1. The molecule has 5 N–H and O–H groups in total. The summed E-state index contributed by atoms with van der Waals surface area (Å²) in [6.07, 6.45) is 7.26. The molecule has 1 amide bonds. The number of amides is 1. The summed E-state index contributed by atoms with van der Waals surface area (Å²) >= 11 is 0. The Morgan fingerprint density at radius 3 is 2.07 bits per heavy atom. The van der Waals surface area contributed by atoms with Gasteiger partial charge in [0.05, 0.1) is 24.9 Å². The first kappa shape index (κ1) is 24.3. The van der Waals surface area contributed by atoms with E-state index in [0.29, 0.717) is 13.1 Å². The fraction of sp³-hybridized carbons (Fsp3) is 0.950. The highest BCUT2D eigenvalue weighted by Crippen LogP contribution is 2.28. The summed E-state index contributed by atoms with van der Waals surface area (Å²) in [6, 6.07) is -0.971. The number of hydrogen-bond acceptors (Lipinski definition) is 6. The van der Waals surface area contributed by atoms with E-state index in [1.807, 2.05) is 4.90 Å². The zero-order valence-corrected chi connectivity index (χ0v) is 16.9. The Morgan fingerprint density at radius 2 is 1.48 bits per heavy atom. The third-order valence-electron chi connectivity index (χ3n) is 5.50. The zero-order chi connectivity index (χ0) is 20.1. The molecular weight excluding hydrogens is 348 g/mol. The maximum Gasteiger partial charge on any atom is 0.221 e. The molecule has 160 valence electrons. The monoisotopic (exact) mass is 388 g/mol. The van der Waals surface area contributed by atoms with Crippen LogP contribution in [0.15, 0.2) is 0 Å². The Labute approximate surface area is 163 Å². The number of likely N-dealkylation sites (tertiary alicyclic amines) is 1. The Balaban J connectivity index is 2.44. The molecule has 0 spiro atoms. The lowest BCUT2D eigenvalue weighted by Gasteiger charge is -2.29. The molecule has 0 aliphatic carbocycles. The highest BCUT2D eigenvalue weighted by atomic mass is 16.3. The molecule has 0 aromatic rings. The first-order valence-electron chi connectivity index (χ1n) is 10.7. The lowest BCUT2D eigenvalue weighted by molar-refractivity contribution is -0.123. The van der Waals surface area contributed by atoms with Crippen LogP contribution in [0.5, 0.6) is 0 Å². The van der Waals surface area contributed by atoms with Gasteiger partial charge in [-0.2, -0.15) is 0 Å². The number of hydrogen-bond donors (Lipinski definition) is 5. The fourth-order valence-electron chi connectivity index (χ4n) is 3.83. The van der Waals surface area contributed by atoms with Gasteiger partial charge in [0.25, 0.3) is 0 Å². The van der Waals surface area contributed by atoms with E-state index in [1.54, 1.807) is 0 Å². The van der Waals surface area contributed by atoms with Crippen molar-refractivity contribution >= 4 is 5.91 Å². The molecule has 7 heteroatoms. The molecule has 0 radical (unpaired) electrons. The fourth-order valence-corrected chi connectivity index (χ4v) is 3.83. The summed E-state index contributed by atoms with van der Waals surface area (Å²) in [6.45, 7) is 3.37. The van der Waals surface area contributed by atoms with Crippen LogP contribution in [0.4, 0.5) is 0 Å². The summed E-state index contributed by atoms with van der Waals surface area (Å²) in [7, 11) is 0. The normalized spacial score (nSPS) is 25.8. The molecule has 1 unspecified atom stereocenters. The third kappa shape index (κ3) is 8.44. The first-order chi connectivity index (χ1) is 13.1. The van der Waals surface area contributed by atoms with Crippen molar-refractivity contribution < 1.29 is 25.2 Å². The van der Waals surface area contributed by atoms with Crippen molar-refractivity contribution in [1.29, 1.82) is 0 Å². The molecule has 1 saturated heterocycles. The van der Waals surface area contributed by atoms with E-state index in [9.17, 15) is 20.1 Å². The van der Waals surface area contributed by atoms with Gasteiger partial charge in [-0.3, -0.25) is 9.69 Å². The van der Waals surface area contributed by atoms with E-state index in [2.05, 4.69) is 12.2 Å². The Kier molecular flexibility index (Phi) is 12.9. The minimum absolute atomic E-state index is 0.118. The lowest BCUT2D eigenvalue weighted by Crippen LogP contribution is -2.44. The minimum atomic E-state index is -1.03. The molecule has 27 heavy (non-hydrogen) atoms. The number of carbonyl (C=O) groups is 1. The minimum Gasteiger partial charge on any atom is -0.396 e. The first-order valence-corrected chi connectivity index (χ1v) is 10.7. The van der Waals surface area contributed by atoms with Gasteiger partial charge >= 0.3 is 0 Å². The number of aliphatic hydroxyl groups excluding tert-OH is 4. The summed E-state index contributed by atoms with van der Waals surface area (Å²) in [4.78, 5) is 14.1. The average Bonchev–Trinajstić information content (AvgIpc) is 2.88. The van der Waals surface area contributed by atoms with Gasteiger partial charge < -0.3 is 25.7 Å². The van der Waals surface area contributed by atoms with Gasteiger partial charge in [-0.05, 0) is 25.8 Å². The van der Waals surface area contributed by atoms with Gasteiger partial charge in [0.15, 0.2) is 0 Å². The van der Waals surface area contributed by atoms with Crippen LogP contribution in [0.25, 0.3) is 0 Å². The molecule has 0 saturated carbocycles. The summed E-state index contributed by atoms with van der Waals surface area (Å²) in [5.74, 6) is -0.118. The lowest BCUT2D eigenvalue weighted by atomic mass is 10.1. The molecule has 0 aromatic carbocycles. The number of rotatable bonds is 15. The SMILES string of the molecule is CCCCNC(=O)CC1[C@H](O)[C@H](O)[C@@H](CO)N1CCCCCCCCCO. The summed E-state index contributed by atoms with van der Waals surface area (Å²) in [5.41, 5.74) is 0. The quantitative estimate of drug-likeness (QED) is 0.265. The molecule has 0 bridgehead atoms. The number of unbranched alkanes of at least 4 members (excludes halogenated alkanes) is 7. The molecule has 1 heterocycles. The van der Waals surface area contributed by atoms with Gasteiger partial charge in [-0.1, -0.05) is 45.4 Å². The van der Waals surface area contributed by atoms with Crippen LogP contribution in [0.3, 0.4) is 0 Å². The molecule has 7 nitrogen and oxygen atoms in total. The van der Waals surface area contributed by atoms with Crippen LogP contribution in [-0.2, 0) is 4.79 Å². The van der Waals surface area contributed by atoms with Crippen LogP contribution in [0, 0.1) is 0 Å². The van der Waals surface area contributed by atoms with Crippen LogP contribution < -0.4 is 5.32 Å². The summed E-state index contributed by atoms with van der Waals surface area (Å²) in [5, 5.41) is 41.9. The van der Waals surface area contributed by atoms with E-state index >= 15 is 0 Å². The van der Waals surface area contributed by atoms with Crippen LogP contribution >= 0.6 is 0 Å². The maximum absolute atomic E-state index is 12.2. The standard InChI is InChI=1S/C20H40N2O5/c1-2-3-11-21-18(25)14-16-19(26)20(27)17(15-24)22(16)12-9-7-5-4-6-8-10-13-23/h16-17,19-20,23-24,26-27H,2-15H2,1H3,(H,21,25)/t16?,17-,19+,20-/m1/s1. The third-order valence-corrected chi connectivity index (χ3v) is 5.50. The highest BCUT2D eigenvalue weighted by molar-refractivity contribution is 5.76. The molecule has 4 atom stereocenters. The summed E-state index contributed by atoms with van der Waals surface area (Å²) < 4.78 is 0.